The molecule has 2 heterocycles. The van der Waals surface area contributed by atoms with Gasteiger partial charge in [0.05, 0.1) is 5.75 Å². The van der Waals surface area contributed by atoms with Crippen LogP contribution in [0.5, 0.6) is 0 Å². The molecule has 1 aliphatic carbocycles. The van der Waals surface area contributed by atoms with Gasteiger partial charge in [-0.25, -0.2) is 0 Å². The van der Waals surface area contributed by atoms with Crippen LogP contribution in [0.15, 0.2) is 10.5 Å². The van der Waals surface area contributed by atoms with Crippen molar-refractivity contribution in [2.45, 2.75) is 77.0 Å². The second-order valence-corrected chi connectivity index (χ2v) is 9.17. The molecule has 3 rings (SSSR count). The standard InChI is InChI=1S/C19H28N4OS2/c1-5-15-13(4)25-10-16(15)18-21-22-19(23(18)12(2)3)26-11-17(24)20-14-8-6-7-9-14/h10,12,14H,5-9,11H2,1-4H3,(H,20,24). The molecule has 2 aromatic heterocycles. The summed E-state index contributed by atoms with van der Waals surface area (Å²) in [6, 6.07) is 0.604. The number of hydrogen-bond donors (Lipinski definition) is 1. The maximum Gasteiger partial charge on any atom is 0.230 e. The lowest BCUT2D eigenvalue weighted by atomic mass is 10.1. The third-order valence-electron chi connectivity index (χ3n) is 4.93. The smallest absolute Gasteiger partial charge is 0.230 e. The Hall–Kier alpha value is -1.34. The molecular formula is C19H28N4OS2. The second kappa shape index (κ2) is 8.57. The molecule has 1 amide bonds. The molecule has 1 saturated carbocycles. The van der Waals surface area contributed by atoms with Crippen LogP contribution in [-0.2, 0) is 11.2 Å². The SMILES string of the molecule is CCc1c(-c2nnc(SCC(=O)NC3CCCC3)n2C(C)C)csc1C. The van der Waals surface area contributed by atoms with Gasteiger partial charge in [-0.1, -0.05) is 31.5 Å². The maximum absolute atomic E-state index is 12.2. The lowest BCUT2D eigenvalue weighted by molar-refractivity contribution is -0.119. The number of amides is 1. The molecule has 142 valence electrons. The first-order chi connectivity index (χ1) is 12.5. The topological polar surface area (TPSA) is 59.8 Å². The Bertz CT molecular complexity index is 760. The summed E-state index contributed by atoms with van der Waals surface area (Å²) < 4.78 is 2.16. The first-order valence-electron chi connectivity index (χ1n) is 9.45. The van der Waals surface area contributed by atoms with Crippen molar-refractivity contribution in [3.63, 3.8) is 0 Å². The van der Waals surface area contributed by atoms with Gasteiger partial charge >= 0.3 is 0 Å². The molecule has 0 radical (unpaired) electrons. The summed E-state index contributed by atoms with van der Waals surface area (Å²) in [7, 11) is 0. The highest BCUT2D eigenvalue weighted by atomic mass is 32.2. The summed E-state index contributed by atoms with van der Waals surface area (Å²) in [5.74, 6) is 1.41. The van der Waals surface area contributed by atoms with Crippen molar-refractivity contribution in [2.24, 2.45) is 0 Å². The van der Waals surface area contributed by atoms with Crippen LogP contribution < -0.4 is 5.32 Å². The van der Waals surface area contributed by atoms with E-state index in [0.29, 0.717) is 11.8 Å². The number of carbonyl (C=O) groups is 1. The summed E-state index contributed by atoms with van der Waals surface area (Å²) in [4.78, 5) is 13.6. The molecule has 1 N–H and O–H groups in total. The van der Waals surface area contributed by atoms with Crippen molar-refractivity contribution < 1.29 is 4.79 Å². The Morgan fingerprint density at radius 3 is 2.77 bits per heavy atom. The third-order valence-corrected chi connectivity index (χ3v) is 6.83. The van der Waals surface area contributed by atoms with Crippen LogP contribution >= 0.6 is 23.1 Å². The minimum atomic E-state index is 0.0994. The van der Waals surface area contributed by atoms with Gasteiger partial charge < -0.3 is 5.32 Å². The summed E-state index contributed by atoms with van der Waals surface area (Å²) >= 11 is 3.25. The molecule has 1 fully saturated rings. The van der Waals surface area contributed by atoms with E-state index in [2.05, 4.69) is 53.2 Å². The van der Waals surface area contributed by atoms with E-state index < -0.39 is 0 Å². The van der Waals surface area contributed by atoms with Crippen molar-refractivity contribution in [1.82, 2.24) is 20.1 Å². The van der Waals surface area contributed by atoms with Gasteiger partial charge in [0.2, 0.25) is 5.91 Å². The summed E-state index contributed by atoms with van der Waals surface area (Å²) in [5.41, 5.74) is 2.53. The number of aromatic nitrogens is 3. The van der Waals surface area contributed by atoms with Gasteiger partial charge in [0.1, 0.15) is 0 Å². The lowest BCUT2D eigenvalue weighted by Crippen LogP contribution is -2.33. The highest BCUT2D eigenvalue weighted by Gasteiger charge is 2.22. The van der Waals surface area contributed by atoms with Crippen LogP contribution in [0.25, 0.3) is 11.4 Å². The fraction of sp³-hybridized carbons (Fsp3) is 0.632. The van der Waals surface area contributed by atoms with Crippen LogP contribution in [0.3, 0.4) is 0 Å². The number of nitrogens with one attached hydrogen (secondary N) is 1. The van der Waals surface area contributed by atoms with Crippen molar-refractivity contribution in [3.05, 3.63) is 15.8 Å². The minimum Gasteiger partial charge on any atom is -0.353 e. The Morgan fingerprint density at radius 2 is 2.12 bits per heavy atom. The molecule has 0 aromatic carbocycles. The third kappa shape index (κ3) is 4.14. The molecule has 2 aromatic rings. The number of thiophene rings is 1. The van der Waals surface area contributed by atoms with Gasteiger partial charge in [-0.05, 0) is 45.6 Å². The Balaban J connectivity index is 1.75. The van der Waals surface area contributed by atoms with E-state index in [1.165, 1.54) is 40.6 Å². The van der Waals surface area contributed by atoms with Crippen molar-refractivity contribution in [1.29, 1.82) is 0 Å². The zero-order valence-electron chi connectivity index (χ0n) is 16.0. The zero-order valence-corrected chi connectivity index (χ0v) is 17.7. The maximum atomic E-state index is 12.2. The van der Waals surface area contributed by atoms with Crippen LogP contribution in [0.1, 0.15) is 62.9 Å². The van der Waals surface area contributed by atoms with E-state index in [-0.39, 0.29) is 11.9 Å². The van der Waals surface area contributed by atoms with Crippen molar-refractivity contribution >= 4 is 29.0 Å². The fourth-order valence-electron chi connectivity index (χ4n) is 3.60. The molecule has 0 spiro atoms. The first-order valence-corrected chi connectivity index (χ1v) is 11.3. The predicted octanol–water partition coefficient (Wildman–Crippen LogP) is 4.61. The average molecular weight is 393 g/mol. The van der Waals surface area contributed by atoms with Gasteiger partial charge in [-0.2, -0.15) is 0 Å². The monoisotopic (exact) mass is 392 g/mol. The van der Waals surface area contributed by atoms with Gasteiger partial charge in [-0.3, -0.25) is 9.36 Å². The number of hydrogen-bond acceptors (Lipinski definition) is 5. The molecule has 5 nitrogen and oxygen atoms in total. The first kappa shape index (κ1) is 19.4. The average Bonchev–Trinajstić information content (AvgIpc) is 3.31. The summed E-state index contributed by atoms with van der Waals surface area (Å²) in [6.45, 7) is 8.62. The van der Waals surface area contributed by atoms with E-state index in [1.807, 2.05) is 0 Å². The highest BCUT2D eigenvalue weighted by molar-refractivity contribution is 7.99. The fourth-order valence-corrected chi connectivity index (χ4v) is 5.42. The molecule has 0 saturated heterocycles. The Labute approximate surface area is 164 Å². The number of thioether (sulfide) groups is 1. The quantitative estimate of drug-likeness (QED) is 0.699. The number of carbonyl (C=O) groups excluding carboxylic acids is 1. The summed E-state index contributed by atoms with van der Waals surface area (Å²) in [5, 5.41) is 15.0. The van der Waals surface area contributed by atoms with Crippen molar-refractivity contribution in [2.75, 3.05) is 5.75 Å². The number of rotatable bonds is 7. The van der Waals surface area contributed by atoms with Gasteiger partial charge in [-0.15, -0.1) is 21.5 Å². The van der Waals surface area contributed by atoms with Crippen LogP contribution in [-0.4, -0.2) is 32.5 Å². The molecule has 7 heteroatoms. The van der Waals surface area contributed by atoms with Crippen molar-refractivity contribution in [3.8, 4) is 11.4 Å². The van der Waals surface area contributed by atoms with Gasteiger partial charge in [0.15, 0.2) is 11.0 Å². The molecule has 0 bridgehead atoms. The van der Waals surface area contributed by atoms with Gasteiger partial charge in [0, 0.05) is 27.9 Å². The van der Waals surface area contributed by atoms with Crippen LogP contribution in [0.4, 0.5) is 0 Å². The molecule has 1 aliphatic rings. The normalized spacial score (nSPS) is 15.1. The second-order valence-electron chi connectivity index (χ2n) is 7.15. The summed E-state index contributed by atoms with van der Waals surface area (Å²) in [6.07, 6.45) is 5.66. The van der Waals surface area contributed by atoms with E-state index in [0.717, 1.165) is 30.2 Å². The predicted molar refractivity (Wildman–Crippen MR) is 109 cm³/mol. The Morgan fingerprint density at radius 1 is 1.38 bits per heavy atom. The zero-order chi connectivity index (χ0) is 18.7. The molecule has 0 aliphatic heterocycles. The number of aryl methyl sites for hydroxylation is 1. The largest absolute Gasteiger partial charge is 0.353 e. The molecule has 26 heavy (non-hydrogen) atoms. The Kier molecular flexibility index (Phi) is 6.40. The van der Waals surface area contributed by atoms with Crippen LogP contribution in [0, 0.1) is 6.92 Å². The van der Waals surface area contributed by atoms with E-state index >= 15 is 0 Å². The van der Waals surface area contributed by atoms with E-state index in [9.17, 15) is 4.79 Å². The number of nitrogens with zero attached hydrogens (tertiary/aromatic N) is 3. The van der Waals surface area contributed by atoms with Gasteiger partial charge in [0.25, 0.3) is 0 Å². The molecular weight excluding hydrogens is 364 g/mol. The molecule has 0 unspecified atom stereocenters. The lowest BCUT2D eigenvalue weighted by Gasteiger charge is -2.15. The van der Waals surface area contributed by atoms with Crippen LogP contribution in [0.2, 0.25) is 0 Å². The minimum absolute atomic E-state index is 0.0994. The molecule has 0 atom stereocenters. The van der Waals surface area contributed by atoms with E-state index in [1.54, 1.807) is 11.3 Å². The highest BCUT2D eigenvalue weighted by Crippen LogP contribution is 2.34. The van der Waals surface area contributed by atoms with E-state index in [4.69, 9.17) is 0 Å².